The smallest absolute Gasteiger partial charge is 0.206 e. The van der Waals surface area contributed by atoms with Crippen molar-refractivity contribution in [1.29, 1.82) is 0 Å². The van der Waals surface area contributed by atoms with Crippen LogP contribution in [0.15, 0.2) is 0 Å². The first-order valence-corrected chi connectivity index (χ1v) is 6.94. The quantitative estimate of drug-likeness (QED) is 0.839. The summed E-state index contributed by atoms with van der Waals surface area (Å²) in [5.74, 6) is 0. The number of rotatable bonds is 4. The van der Waals surface area contributed by atoms with Crippen molar-refractivity contribution in [3.8, 4) is 0 Å². The average Bonchev–Trinajstić information content (AvgIpc) is 2.86. The molecule has 1 aliphatic rings. The number of hydrogen-bond acceptors (Lipinski definition) is 5. The lowest BCUT2D eigenvalue weighted by molar-refractivity contribution is 0.270. The molecule has 2 heterocycles. The van der Waals surface area contributed by atoms with Crippen LogP contribution in [0.4, 0.5) is 5.13 Å². The second-order valence-corrected chi connectivity index (χ2v) is 5.85. The summed E-state index contributed by atoms with van der Waals surface area (Å²) in [6.45, 7) is 5.67. The van der Waals surface area contributed by atoms with Crippen LogP contribution < -0.4 is 4.90 Å². The van der Waals surface area contributed by atoms with Gasteiger partial charge in [0.15, 0.2) is 3.95 Å². The maximum atomic E-state index is 5.04. The van der Waals surface area contributed by atoms with Gasteiger partial charge in [-0.2, -0.15) is 0 Å². The molecule has 1 unspecified atom stereocenters. The molecule has 90 valence electrons. The third-order valence-corrected chi connectivity index (χ3v) is 4.35. The Balaban J connectivity index is 1.96. The number of nitrogens with one attached hydrogen (secondary N) is 1. The summed E-state index contributed by atoms with van der Waals surface area (Å²) in [5, 5.41) is 8.03. The van der Waals surface area contributed by atoms with Gasteiger partial charge in [0, 0.05) is 19.6 Å². The van der Waals surface area contributed by atoms with E-state index in [1.165, 1.54) is 19.4 Å². The molecule has 1 saturated heterocycles. The van der Waals surface area contributed by atoms with Crippen molar-refractivity contribution in [2.45, 2.75) is 25.8 Å². The number of nitrogens with zero attached hydrogens (tertiary/aromatic N) is 3. The van der Waals surface area contributed by atoms with Crippen LogP contribution in [0.1, 0.15) is 19.8 Å². The number of aromatic nitrogens is 2. The summed E-state index contributed by atoms with van der Waals surface area (Å²) in [6, 6.07) is 0.674. The Labute approximate surface area is 105 Å². The van der Waals surface area contributed by atoms with E-state index in [-0.39, 0.29) is 0 Å². The summed E-state index contributed by atoms with van der Waals surface area (Å²) < 4.78 is 0.751. The monoisotopic (exact) mass is 258 g/mol. The minimum atomic E-state index is 0.674. The molecule has 1 aromatic rings. The molecule has 0 spiro atoms. The molecule has 0 aliphatic carbocycles. The van der Waals surface area contributed by atoms with Crippen LogP contribution in [0, 0.1) is 3.95 Å². The van der Waals surface area contributed by atoms with E-state index in [0.29, 0.717) is 6.04 Å². The third kappa shape index (κ3) is 2.61. The molecule has 6 heteroatoms. The van der Waals surface area contributed by atoms with E-state index in [2.05, 4.69) is 34.0 Å². The first-order chi connectivity index (χ1) is 7.70. The lowest BCUT2D eigenvalue weighted by Crippen LogP contribution is -2.38. The van der Waals surface area contributed by atoms with Gasteiger partial charge in [-0.1, -0.05) is 18.3 Å². The van der Waals surface area contributed by atoms with Crippen molar-refractivity contribution in [3.63, 3.8) is 0 Å². The predicted molar refractivity (Wildman–Crippen MR) is 70.8 cm³/mol. The second-order valence-electron chi connectivity index (χ2n) is 4.20. The molecule has 0 bridgehead atoms. The van der Waals surface area contributed by atoms with Crippen LogP contribution in [0.5, 0.6) is 0 Å². The molecule has 1 fully saturated rings. The van der Waals surface area contributed by atoms with E-state index in [4.69, 9.17) is 12.2 Å². The summed E-state index contributed by atoms with van der Waals surface area (Å²) in [7, 11) is 2.09. The van der Waals surface area contributed by atoms with Gasteiger partial charge in [-0.25, -0.2) is 0 Å². The molecule has 0 amide bonds. The fourth-order valence-electron chi connectivity index (χ4n) is 2.30. The number of H-pyrrole nitrogens is 1. The van der Waals surface area contributed by atoms with Crippen molar-refractivity contribution < 1.29 is 0 Å². The van der Waals surface area contributed by atoms with Gasteiger partial charge in [-0.15, -0.1) is 5.10 Å². The highest BCUT2D eigenvalue weighted by Crippen LogP contribution is 2.21. The van der Waals surface area contributed by atoms with Crippen LogP contribution in [0.2, 0.25) is 0 Å². The van der Waals surface area contributed by atoms with Gasteiger partial charge in [-0.3, -0.25) is 10.00 Å². The number of anilines is 1. The number of likely N-dealkylation sites (tertiary alicyclic amines) is 1. The maximum absolute atomic E-state index is 5.04. The lowest BCUT2D eigenvalue weighted by atomic mass is 10.2. The maximum Gasteiger partial charge on any atom is 0.206 e. The van der Waals surface area contributed by atoms with Gasteiger partial charge < -0.3 is 4.90 Å². The SMILES string of the molecule is CCN1CCCC1CN(C)c1n[nH]c(=S)s1. The van der Waals surface area contributed by atoms with Crippen LogP contribution in [-0.4, -0.2) is 47.8 Å². The Kier molecular flexibility index (Phi) is 3.94. The van der Waals surface area contributed by atoms with Crippen LogP contribution >= 0.6 is 23.6 Å². The highest BCUT2D eigenvalue weighted by atomic mass is 32.1. The molecule has 16 heavy (non-hydrogen) atoms. The van der Waals surface area contributed by atoms with E-state index in [9.17, 15) is 0 Å². The van der Waals surface area contributed by atoms with Gasteiger partial charge in [0.05, 0.1) is 0 Å². The zero-order valence-corrected chi connectivity index (χ0v) is 11.4. The van der Waals surface area contributed by atoms with Gasteiger partial charge in [0.2, 0.25) is 5.13 Å². The van der Waals surface area contributed by atoms with Crippen LogP contribution in [-0.2, 0) is 0 Å². The number of aromatic amines is 1. The first kappa shape index (κ1) is 12.0. The molecule has 1 N–H and O–H groups in total. The standard InChI is InChI=1S/C10H18N4S2/c1-3-14-6-4-5-8(14)7-13(2)9-11-12-10(15)16-9/h8H,3-7H2,1-2H3,(H,12,15). The molecule has 1 atom stereocenters. The molecular formula is C10H18N4S2. The van der Waals surface area contributed by atoms with Gasteiger partial charge in [0.25, 0.3) is 0 Å². The molecular weight excluding hydrogens is 240 g/mol. The summed E-state index contributed by atoms with van der Waals surface area (Å²) in [4.78, 5) is 4.75. The van der Waals surface area contributed by atoms with Gasteiger partial charge in [-0.05, 0) is 38.1 Å². The molecule has 4 nitrogen and oxygen atoms in total. The Morgan fingerprint density at radius 2 is 2.50 bits per heavy atom. The Hall–Kier alpha value is -0.460. The third-order valence-electron chi connectivity index (χ3n) is 3.14. The average molecular weight is 258 g/mol. The summed E-state index contributed by atoms with van der Waals surface area (Å²) in [6.07, 6.45) is 2.62. The largest absolute Gasteiger partial charge is 0.348 e. The van der Waals surface area contributed by atoms with Gasteiger partial charge >= 0.3 is 0 Å². The van der Waals surface area contributed by atoms with E-state index >= 15 is 0 Å². The van der Waals surface area contributed by atoms with Crippen molar-refractivity contribution >= 4 is 28.7 Å². The zero-order valence-electron chi connectivity index (χ0n) is 9.77. The number of hydrogen-bond donors (Lipinski definition) is 1. The highest BCUT2D eigenvalue weighted by Gasteiger charge is 2.24. The summed E-state index contributed by atoms with van der Waals surface area (Å²) >= 11 is 6.59. The van der Waals surface area contributed by atoms with E-state index in [0.717, 1.165) is 22.2 Å². The van der Waals surface area contributed by atoms with Crippen molar-refractivity contribution in [1.82, 2.24) is 15.1 Å². The summed E-state index contributed by atoms with van der Waals surface area (Å²) in [5.41, 5.74) is 0. The fraction of sp³-hybridized carbons (Fsp3) is 0.800. The minimum absolute atomic E-state index is 0.674. The molecule has 0 radical (unpaired) electrons. The normalized spacial score (nSPS) is 21.5. The van der Waals surface area contributed by atoms with E-state index in [1.807, 2.05) is 0 Å². The molecule has 1 aromatic heterocycles. The highest BCUT2D eigenvalue weighted by molar-refractivity contribution is 7.73. The van der Waals surface area contributed by atoms with Crippen molar-refractivity contribution in [2.75, 3.05) is 31.6 Å². The molecule has 0 aromatic carbocycles. The Morgan fingerprint density at radius 3 is 3.12 bits per heavy atom. The van der Waals surface area contributed by atoms with Crippen LogP contribution in [0.25, 0.3) is 0 Å². The number of likely N-dealkylation sites (N-methyl/N-ethyl adjacent to an activating group) is 2. The van der Waals surface area contributed by atoms with E-state index < -0.39 is 0 Å². The van der Waals surface area contributed by atoms with Gasteiger partial charge in [0.1, 0.15) is 0 Å². The topological polar surface area (TPSA) is 35.2 Å². The molecule has 0 saturated carbocycles. The Bertz CT molecular complexity index is 386. The first-order valence-electron chi connectivity index (χ1n) is 5.71. The predicted octanol–water partition coefficient (Wildman–Crippen LogP) is 2.12. The van der Waals surface area contributed by atoms with Crippen molar-refractivity contribution in [2.24, 2.45) is 0 Å². The fourth-order valence-corrected chi connectivity index (χ4v) is 3.15. The second kappa shape index (κ2) is 5.25. The van der Waals surface area contributed by atoms with E-state index in [1.54, 1.807) is 11.3 Å². The lowest BCUT2D eigenvalue weighted by Gasteiger charge is -2.27. The zero-order chi connectivity index (χ0) is 11.5. The Morgan fingerprint density at radius 1 is 1.69 bits per heavy atom. The molecule has 2 rings (SSSR count). The van der Waals surface area contributed by atoms with Crippen molar-refractivity contribution in [3.05, 3.63) is 3.95 Å². The van der Waals surface area contributed by atoms with Crippen LogP contribution in [0.3, 0.4) is 0 Å². The minimum Gasteiger partial charge on any atom is -0.348 e. The molecule has 1 aliphatic heterocycles.